The summed E-state index contributed by atoms with van der Waals surface area (Å²) in [6, 6.07) is 15.6. The minimum absolute atomic E-state index is 0.120. The van der Waals surface area contributed by atoms with Gasteiger partial charge in [-0.15, -0.1) is 0 Å². The Bertz CT molecular complexity index is 981. The summed E-state index contributed by atoms with van der Waals surface area (Å²) in [5.74, 6) is 1.06. The molecule has 1 fully saturated rings. The highest BCUT2D eigenvalue weighted by atomic mass is 16.5. The summed E-state index contributed by atoms with van der Waals surface area (Å²) >= 11 is 0. The van der Waals surface area contributed by atoms with Gasteiger partial charge >= 0.3 is 6.03 Å². The van der Waals surface area contributed by atoms with Crippen molar-refractivity contribution < 1.29 is 9.32 Å². The average Bonchev–Trinajstić information content (AvgIpc) is 3.25. The lowest BCUT2D eigenvalue weighted by atomic mass is 10.0. The maximum absolute atomic E-state index is 13.1. The molecular weight excluding hydrogens is 364 g/mol. The lowest BCUT2D eigenvalue weighted by Crippen LogP contribution is -2.41. The Hall–Kier alpha value is -3.15. The van der Waals surface area contributed by atoms with E-state index in [1.54, 1.807) is 0 Å². The fraction of sp³-hybridized carbons (Fsp3) is 0.348. The second-order valence-electron chi connectivity index (χ2n) is 7.47. The maximum atomic E-state index is 13.1. The molecule has 1 saturated heterocycles. The largest absolute Gasteiger partial charge is 0.337 e. The summed E-state index contributed by atoms with van der Waals surface area (Å²) in [6.07, 6.45) is 3.68. The summed E-state index contributed by atoms with van der Waals surface area (Å²) in [7, 11) is 0. The molecule has 3 aromatic rings. The van der Waals surface area contributed by atoms with E-state index in [1.807, 2.05) is 60.4 Å². The Morgan fingerprint density at radius 1 is 1.17 bits per heavy atom. The first kappa shape index (κ1) is 19.2. The molecule has 1 N–H and O–H groups in total. The number of carbonyl (C=O) groups is 1. The molecule has 2 aromatic carbocycles. The number of nitrogens with zero attached hydrogens (tertiary/aromatic N) is 3. The highest BCUT2D eigenvalue weighted by Gasteiger charge is 2.32. The first-order valence-electron chi connectivity index (χ1n) is 10.2. The van der Waals surface area contributed by atoms with Crippen LogP contribution in [0, 0.1) is 6.92 Å². The third-order valence-corrected chi connectivity index (χ3v) is 5.44. The quantitative estimate of drug-likeness (QED) is 0.650. The summed E-state index contributed by atoms with van der Waals surface area (Å²) in [4.78, 5) is 19.5. The first-order chi connectivity index (χ1) is 14.2. The minimum atomic E-state index is -0.204. The van der Waals surface area contributed by atoms with Crippen LogP contribution in [0.5, 0.6) is 0 Å². The van der Waals surface area contributed by atoms with Gasteiger partial charge in [0.15, 0.2) is 0 Å². The average molecular weight is 390 g/mol. The number of anilines is 1. The van der Waals surface area contributed by atoms with Crippen LogP contribution in [0.1, 0.15) is 49.2 Å². The molecule has 0 aliphatic carbocycles. The maximum Gasteiger partial charge on any atom is 0.322 e. The van der Waals surface area contributed by atoms with Crippen molar-refractivity contribution in [1.82, 2.24) is 15.0 Å². The number of para-hydroxylation sites is 1. The number of urea groups is 1. The monoisotopic (exact) mass is 390 g/mol. The summed E-state index contributed by atoms with van der Waals surface area (Å²) in [6.45, 7) is 4.80. The van der Waals surface area contributed by atoms with Gasteiger partial charge in [0.05, 0.1) is 0 Å². The van der Waals surface area contributed by atoms with Crippen molar-refractivity contribution in [3.63, 3.8) is 0 Å². The van der Waals surface area contributed by atoms with E-state index in [1.165, 1.54) is 5.56 Å². The minimum Gasteiger partial charge on any atom is -0.337 e. The molecule has 0 bridgehead atoms. The predicted molar refractivity (Wildman–Crippen MR) is 113 cm³/mol. The highest BCUT2D eigenvalue weighted by molar-refractivity contribution is 5.90. The van der Waals surface area contributed by atoms with Crippen LogP contribution in [0.15, 0.2) is 53.1 Å². The smallest absolute Gasteiger partial charge is 0.322 e. The fourth-order valence-corrected chi connectivity index (χ4v) is 3.76. The van der Waals surface area contributed by atoms with Crippen molar-refractivity contribution in [2.45, 2.75) is 45.6 Å². The van der Waals surface area contributed by atoms with Crippen LogP contribution in [0.3, 0.4) is 0 Å². The van der Waals surface area contributed by atoms with E-state index < -0.39 is 0 Å². The molecule has 6 nitrogen and oxygen atoms in total. The fourth-order valence-electron chi connectivity index (χ4n) is 3.76. The number of amides is 2. The number of hydrogen-bond acceptors (Lipinski definition) is 4. The molecule has 2 heterocycles. The van der Waals surface area contributed by atoms with E-state index in [-0.39, 0.29) is 12.1 Å². The van der Waals surface area contributed by atoms with Crippen LogP contribution in [0.25, 0.3) is 11.4 Å². The van der Waals surface area contributed by atoms with Crippen molar-refractivity contribution in [2.24, 2.45) is 0 Å². The summed E-state index contributed by atoms with van der Waals surface area (Å²) in [5.41, 5.74) is 4.07. The van der Waals surface area contributed by atoms with Crippen LogP contribution < -0.4 is 5.32 Å². The molecule has 29 heavy (non-hydrogen) atoms. The molecule has 1 atom stereocenters. The van der Waals surface area contributed by atoms with Gasteiger partial charge in [-0.2, -0.15) is 4.98 Å². The zero-order chi connectivity index (χ0) is 20.2. The molecule has 1 aliphatic heterocycles. The van der Waals surface area contributed by atoms with Crippen molar-refractivity contribution in [3.8, 4) is 11.4 Å². The number of likely N-dealkylation sites (tertiary alicyclic amines) is 1. The number of aromatic nitrogens is 2. The molecule has 150 valence electrons. The van der Waals surface area contributed by atoms with Gasteiger partial charge in [-0.25, -0.2) is 4.79 Å². The Labute approximate surface area is 170 Å². The Morgan fingerprint density at radius 3 is 2.76 bits per heavy atom. The van der Waals surface area contributed by atoms with Crippen LogP contribution >= 0.6 is 0 Å². The third kappa shape index (κ3) is 4.16. The number of piperidine rings is 1. The summed E-state index contributed by atoms with van der Waals surface area (Å²) in [5, 5.41) is 7.22. The number of carbonyl (C=O) groups excluding carboxylic acids is 1. The van der Waals surface area contributed by atoms with E-state index in [4.69, 9.17) is 4.52 Å². The second-order valence-corrected chi connectivity index (χ2v) is 7.47. The van der Waals surface area contributed by atoms with Gasteiger partial charge in [-0.1, -0.05) is 60.1 Å². The van der Waals surface area contributed by atoms with Gasteiger partial charge in [-0.3, -0.25) is 0 Å². The first-order valence-corrected chi connectivity index (χ1v) is 10.2. The topological polar surface area (TPSA) is 71.3 Å². The predicted octanol–water partition coefficient (Wildman–Crippen LogP) is 5.37. The van der Waals surface area contributed by atoms with Crippen molar-refractivity contribution in [1.29, 1.82) is 0 Å². The molecular formula is C23H26N4O2. The van der Waals surface area contributed by atoms with Crippen LogP contribution in [0.2, 0.25) is 0 Å². The lowest BCUT2D eigenvalue weighted by molar-refractivity contribution is 0.142. The molecule has 1 aliphatic rings. The number of aryl methyl sites for hydroxylation is 2. The zero-order valence-corrected chi connectivity index (χ0v) is 16.9. The van der Waals surface area contributed by atoms with E-state index >= 15 is 0 Å². The van der Waals surface area contributed by atoms with Crippen LogP contribution in [-0.4, -0.2) is 27.6 Å². The molecule has 6 heteroatoms. The molecule has 1 aromatic heterocycles. The van der Waals surface area contributed by atoms with E-state index in [0.29, 0.717) is 18.3 Å². The normalized spacial score (nSPS) is 16.6. The van der Waals surface area contributed by atoms with E-state index in [0.717, 1.165) is 42.5 Å². The van der Waals surface area contributed by atoms with Crippen molar-refractivity contribution in [3.05, 3.63) is 65.5 Å². The Balaban J connectivity index is 1.54. The molecule has 0 unspecified atom stereocenters. The van der Waals surface area contributed by atoms with Gasteiger partial charge in [0, 0.05) is 17.8 Å². The molecule has 0 saturated carbocycles. The molecule has 0 radical (unpaired) electrons. The van der Waals surface area contributed by atoms with Gasteiger partial charge in [0.25, 0.3) is 0 Å². The number of hydrogen-bond donors (Lipinski definition) is 1. The number of benzene rings is 2. The van der Waals surface area contributed by atoms with Gasteiger partial charge < -0.3 is 14.7 Å². The Morgan fingerprint density at radius 2 is 1.97 bits per heavy atom. The van der Waals surface area contributed by atoms with Crippen LogP contribution in [0.4, 0.5) is 10.5 Å². The van der Waals surface area contributed by atoms with Crippen molar-refractivity contribution >= 4 is 11.7 Å². The lowest BCUT2D eigenvalue weighted by Gasteiger charge is -2.33. The third-order valence-electron chi connectivity index (χ3n) is 5.44. The summed E-state index contributed by atoms with van der Waals surface area (Å²) < 4.78 is 5.58. The zero-order valence-electron chi connectivity index (χ0n) is 16.9. The second kappa shape index (κ2) is 8.47. The van der Waals surface area contributed by atoms with Gasteiger partial charge in [-0.05, 0) is 44.2 Å². The van der Waals surface area contributed by atoms with Gasteiger partial charge in [0.2, 0.25) is 11.7 Å². The SMILES string of the molecule is CCc1ccccc1NC(=O)N1CCCC[C@@H]1c1nc(-c2ccc(C)cc2)no1. The van der Waals surface area contributed by atoms with E-state index in [2.05, 4.69) is 22.4 Å². The standard InChI is InChI=1S/C23H26N4O2/c1-3-17-8-4-5-9-19(17)24-23(28)27-15-7-6-10-20(27)22-25-21(26-29-22)18-13-11-16(2)12-14-18/h4-5,8-9,11-14,20H,3,6-7,10,15H2,1-2H3,(H,24,28)/t20-/m1/s1. The van der Waals surface area contributed by atoms with Crippen LogP contribution in [-0.2, 0) is 6.42 Å². The highest BCUT2D eigenvalue weighted by Crippen LogP contribution is 2.32. The van der Waals surface area contributed by atoms with Gasteiger partial charge in [0.1, 0.15) is 6.04 Å². The van der Waals surface area contributed by atoms with Crippen molar-refractivity contribution in [2.75, 3.05) is 11.9 Å². The molecule has 0 spiro atoms. The molecule has 4 rings (SSSR count). The molecule has 2 amide bonds. The number of nitrogens with one attached hydrogen (secondary N) is 1. The Kier molecular flexibility index (Phi) is 5.60. The number of rotatable bonds is 4. The van der Waals surface area contributed by atoms with E-state index in [9.17, 15) is 4.79 Å².